The van der Waals surface area contributed by atoms with Crippen molar-refractivity contribution in [2.24, 2.45) is 5.92 Å². The van der Waals surface area contributed by atoms with Gasteiger partial charge in [0.25, 0.3) is 0 Å². The van der Waals surface area contributed by atoms with Gasteiger partial charge in [0.1, 0.15) is 5.82 Å². The van der Waals surface area contributed by atoms with E-state index < -0.39 is 5.97 Å². The lowest BCUT2D eigenvalue weighted by Gasteiger charge is -2.19. The normalized spacial score (nSPS) is 22.8. The second-order valence-electron chi connectivity index (χ2n) is 4.76. The van der Waals surface area contributed by atoms with E-state index in [2.05, 4.69) is 15.3 Å². The third kappa shape index (κ3) is 2.69. The van der Waals surface area contributed by atoms with Crippen molar-refractivity contribution in [3.05, 3.63) is 12.3 Å². The number of carbonyl (C=O) groups is 1. The minimum absolute atomic E-state index is 0.0348. The van der Waals surface area contributed by atoms with Crippen molar-refractivity contribution in [1.29, 1.82) is 0 Å². The standard InChI is InChI=1S/C12H18N4O2/c1-16(2)12-13-7-6-10(15-12)14-9-5-3-4-8(9)11(17)18/h6-9H,3-5H2,1-2H3,(H,17,18)(H,13,14,15). The fourth-order valence-electron chi connectivity index (χ4n) is 2.26. The van der Waals surface area contributed by atoms with Gasteiger partial charge in [-0.2, -0.15) is 4.98 Å². The van der Waals surface area contributed by atoms with E-state index in [0.29, 0.717) is 11.8 Å². The van der Waals surface area contributed by atoms with E-state index in [1.54, 1.807) is 12.3 Å². The first-order chi connectivity index (χ1) is 8.58. The van der Waals surface area contributed by atoms with Gasteiger partial charge in [-0.15, -0.1) is 0 Å². The molecule has 0 saturated heterocycles. The number of carboxylic acid groups (broad SMARTS) is 1. The van der Waals surface area contributed by atoms with Crippen LogP contribution in [0.5, 0.6) is 0 Å². The van der Waals surface area contributed by atoms with Crippen LogP contribution in [0.4, 0.5) is 11.8 Å². The monoisotopic (exact) mass is 250 g/mol. The van der Waals surface area contributed by atoms with E-state index in [1.807, 2.05) is 19.0 Å². The number of hydrogen-bond acceptors (Lipinski definition) is 5. The van der Waals surface area contributed by atoms with E-state index in [4.69, 9.17) is 5.11 Å². The molecule has 2 N–H and O–H groups in total. The summed E-state index contributed by atoms with van der Waals surface area (Å²) in [6.45, 7) is 0. The number of nitrogens with one attached hydrogen (secondary N) is 1. The summed E-state index contributed by atoms with van der Waals surface area (Å²) in [5.41, 5.74) is 0. The van der Waals surface area contributed by atoms with E-state index in [-0.39, 0.29) is 12.0 Å². The summed E-state index contributed by atoms with van der Waals surface area (Å²) < 4.78 is 0. The van der Waals surface area contributed by atoms with Gasteiger partial charge in [-0.05, 0) is 18.9 Å². The first kappa shape index (κ1) is 12.6. The molecule has 6 nitrogen and oxygen atoms in total. The van der Waals surface area contributed by atoms with Gasteiger partial charge in [0.2, 0.25) is 5.95 Å². The van der Waals surface area contributed by atoms with E-state index >= 15 is 0 Å². The molecule has 6 heteroatoms. The van der Waals surface area contributed by atoms with Crippen LogP contribution in [-0.4, -0.2) is 41.2 Å². The highest BCUT2D eigenvalue weighted by Gasteiger charge is 2.33. The summed E-state index contributed by atoms with van der Waals surface area (Å²) in [6, 6.07) is 1.73. The van der Waals surface area contributed by atoms with Crippen molar-refractivity contribution >= 4 is 17.7 Å². The highest BCUT2D eigenvalue weighted by Crippen LogP contribution is 2.28. The molecule has 2 rings (SSSR count). The summed E-state index contributed by atoms with van der Waals surface area (Å²) in [4.78, 5) is 21.4. The third-order valence-electron chi connectivity index (χ3n) is 3.21. The molecule has 1 aliphatic rings. The van der Waals surface area contributed by atoms with Crippen LogP contribution in [-0.2, 0) is 4.79 Å². The van der Waals surface area contributed by atoms with Gasteiger partial charge in [-0.25, -0.2) is 4.98 Å². The SMILES string of the molecule is CN(C)c1nccc(NC2CCCC2C(=O)O)n1. The second-order valence-corrected chi connectivity index (χ2v) is 4.76. The summed E-state index contributed by atoms with van der Waals surface area (Å²) in [5.74, 6) is 0.256. The van der Waals surface area contributed by atoms with Crippen LogP contribution in [0.25, 0.3) is 0 Å². The molecule has 0 radical (unpaired) electrons. The van der Waals surface area contributed by atoms with Gasteiger partial charge in [0.15, 0.2) is 0 Å². The fraction of sp³-hybridized carbons (Fsp3) is 0.583. The lowest BCUT2D eigenvalue weighted by molar-refractivity contribution is -0.141. The van der Waals surface area contributed by atoms with Crippen LogP contribution in [0, 0.1) is 5.92 Å². The Morgan fingerprint density at radius 2 is 2.28 bits per heavy atom. The van der Waals surface area contributed by atoms with Crippen molar-refractivity contribution in [3.63, 3.8) is 0 Å². The molecule has 2 atom stereocenters. The Kier molecular flexibility index (Phi) is 3.64. The maximum Gasteiger partial charge on any atom is 0.308 e. The zero-order valence-electron chi connectivity index (χ0n) is 10.6. The number of nitrogens with zero attached hydrogens (tertiary/aromatic N) is 3. The van der Waals surface area contributed by atoms with Crippen molar-refractivity contribution in [1.82, 2.24) is 9.97 Å². The molecule has 1 aromatic rings. The molecule has 18 heavy (non-hydrogen) atoms. The van der Waals surface area contributed by atoms with Crippen LogP contribution in [0.15, 0.2) is 12.3 Å². The molecule has 1 aliphatic carbocycles. The average molecular weight is 250 g/mol. The van der Waals surface area contributed by atoms with Gasteiger partial charge in [0, 0.05) is 26.3 Å². The van der Waals surface area contributed by atoms with E-state index in [9.17, 15) is 4.79 Å². The molecular formula is C12H18N4O2. The van der Waals surface area contributed by atoms with Gasteiger partial charge in [-0.3, -0.25) is 4.79 Å². The van der Waals surface area contributed by atoms with E-state index in [1.165, 1.54) is 0 Å². The Labute approximate surface area is 106 Å². The number of anilines is 2. The number of carboxylic acids is 1. The van der Waals surface area contributed by atoms with Crippen LogP contribution >= 0.6 is 0 Å². The molecule has 1 aromatic heterocycles. The molecule has 98 valence electrons. The Morgan fingerprint density at radius 1 is 1.50 bits per heavy atom. The Hall–Kier alpha value is -1.85. The molecule has 1 fully saturated rings. The smallest absolute Gasteiger partial charge is 0.308 e. The predicted octanol–water partition coefficient (Wildman–Crippen LogP) is 1.21. The van der Waals surface area contributed by atoms with Crippen molar-refractivity contribution in [2.45, 2.75) is 25.3 Å². The highest BCUT2D eigenvalue weighted by molar-refractivity contribution is 5.72. The van der Waals surface area contributed by atoms with Crippen LogP contribution in [0.2, 0.25) is 0 Å². The van der Waals surface area contributed by atoms with Crippen LogP contribution in [0.1, 0.15) is 19.3 Å². The predicted molar refractivity (Wildman–Crippen MR) is 68.7 cm³/mol. The number of hydrogen-bond donors (Lipinski definition) is 2. The largest absolute Gasteiger partial charge is 0.481 e. The Morgan fingerprint density at radius 3 is 2.94 bits per heavy atom. The molecule has 1 heterocycles. The molecule has 0 aliphatic heterocycles. The molecule has 0 amide bonds. The average Bonchev–Trinajstić information content (AvgIpc) is 2.77. The van der Waals surface area contributed by atoms with Crippen LogP contribution < -0.4 is 10.2 Å². The maximum absolute atomic E-state index is 11.1. The van der Waals surface area contributed by atoms with E-state index in [0.717, 1.165) is 19.3 Å². The fourth-order valence-corrected chi connectivity index (χ4v) is 2.26. The topological polar surface area (TPSA) is 78.4 Å². The number of rotatable bonds is 4. The van der Waals surface area contributed by atoms with Gasteiger partial charge < -0.3 is 15.3 Å². The van der Waals surface area contributed by atoms with Crippen molar-refractivity contribution < 1.29 is 9.90 Å². The summed E-state index contributed by atoms with van der Waals surface area (Å²) in [7, 11) is 3.74. The second kappa shape index (κ2) is 5.20. The number of aromatic nitrogens is 2. The Bertz CT molecular complexity index is 436. The molecule has 2 unspecified atom stereocenters. The zero-order chi connectivity index (χ0) is 13.1. The van der Waals surface area contributed by atoms with Gasteiger partial charge in [-0.1, -0.05) is 6.42 Å². The molecule has 1 saturated carbocycles. The lowest BCUT2D eigenvalue weighted by Crippen LogP contribution is -2.30. The first-order valence-corrected chi connectivity index (χ1v) is 6.07. The summed E-state index contributed by atoms with van der Waals surface area (Å²) in [5, 5.41) is 12.3. The van der Waals surface area contributed by atoms with Gasteiger partial charge in [0.05, 0.1) is 5.92 Å². The molecular weight excluding hydrogens is 232 g/mol. The van der Waals surface area contributed by atoms with Crippen molar-refractivity contribution in [3.8, 4) is 0 Å². The van der Waals surface area contributed by atoms with Crippen LogP contribution in [0.3, 0.4) is 0 Å². The van der Waals surface area contributed by atoms with Crippen molar-refractivity contribution in [2.75, 3.05) is 24.3 Å². The molecule has 0 spiro atoms. The highest BCUT2D eigenvalue weighted by atomic mass is 16.4. The maximum atomic E-state index is 11.1. The minimum atomic E-state index is -0.730. The lowest BCUT2D eigenvalue weighted by atomic mass is 10.0. The molecule has 0 aromatic carbocycles. The summed E-state index contributed by atoms with van der Waals surface area (Å²) >= 11 is 0. The quantitative estimate of drug-likeness (QED) is 0.836. The third-order valence-corrected chi connectivity index (χ3v) is 3.21. The number of aliphatic carboxylic acids is 1. The minimum Gasteiger partial charge on any atom is -0.481 e. The zero-order valence-corrected chi connectivity index (χ0v) is 10.6. The molecule has 0 bridgehead atoms. The first-order valence-electron chi connectivity index (χ1n) is 6.07. The summed E-state index contributed by atoms with van der Waals surface area (Å²) in [6.07, 6.45) is 4.23. The van der Waals surface area contributed by atoms with Gasteiger partial charge >= 0.3 is 5.97 Å². The Balaban J connectivity index is 2.09.